The number of carboxylic acids is 1. The van der Waals surface area contributed by atoms with Gasteiger partial charge in [-0.3, -0.25) is 9.59 Å². The monoisotopic (exact) mass is 839 g/mol. The largest absolute Gasteiger partial charge is 0.477 e. The Morgan fingerprint density at radius 1 is 0.517 bits per heavy atom. The number of ether oxygens (including phenoxy) is 3. The third-order valence-corrected chi connectivity index (χ3v) is 10.0. The van der Waals surface area contributed by atoms with E-state index < -0.39 is 18.1 Å². The number of aliphatic carboxylic acids is 1. The number of carbonyl (C=O) groups excluding carboxylic acids is 2. The summed E-state index contributed by atoms with van der Waals surface area (Å²) >= 11 is 0. The lowest BCUT2D eigenvalue weighted by Crippen LogP contribution is -2.50. The van der Waals surface area contributed by atoms with Crippen molar-refractivity contribution in [3.8, 4) is 0 Å². The number of unbranched alkanes of at least 4 members (excludes halogenated alkanes) is 13. The number of likely N-dealkylation sites (N-methyl/N-ethyl adjacent to an activating group) is 1. The van der Waals surface area contributed by atoms with Crippen LogP contribution >= 0.6 is 0 Å². The molecule has 2 atom stereocenters. The molecule has 0 aromatic carbocycles. The van der Waals surface area contributed by atoms with Gasteiger partial charge in [-0.2, -0.15) is 0 Å². The van der Waals surface area contributed by atoms with Crippen LogP contribution in [0.4, 0.5) is 0 Å². The molecule has 0 aliphatic carbocycles. The second-order valence-corrected chi connectivity index (χ2v) is 16.6. The number of allylic oxidation sites excluding steroid dienone is 14. The number of rotatable bonds is 41. The van der Waals surface area contributed by atoms with Gasteiger partial charge < -0.3 is 23.8 Å². The first-order valence-corrected chi connectivity index (χ1v) is 23.6. The van der Waals surface area contributed by atoms with Gasteiger partial charge in [0.2, 0.25) is 0 Å². The van der Waals surface area contributed by atoms with Crippen LogP contribution in [0.25, 0.3) is 0 Å². The zero-order valence-electron chi connectivity index (χ0n) is 38.9. The molecule has 2 unspecified atom stereocenters. The van der Waals surface area contributed by atoms with Gasteiger partial charge in [0, 0.05) is 19.3 Å². The average Bonchev–Trinajstić information content (AvgIpc) is 3.21. The van der Waals surface area contributed by atoms with Gasteiger partial charge in [0.05, 0.1) is 34.4 Å². The summed E-state index contributed by atoms with van der Waals surface area (Å²) in [5.41, 5.74) is 0. The predicted octanol–water partition coefficient (Wildman–Crippen LogP) is 13.3. The van der Waals surface area contributed by atoms with Gasteiger partial charge in [0.25, 0.3) is 0 Å². The maximum Gasteiger partial charge on any atom is 0.362 e. The predicted molar refractivity (Wildman–Crippen MR) is 252 cm³/mol. The van der Waals surface area contributed by atoms with Crippen LogP contribution in [0.15, 0.2) is 85.1 Å². The molecule has 0 amide bonds. The summed E-state index contributed by atoms with van der Waals surface area (Å²) < 4.78 is 17.2. The van der Waals surface area contributed by atoms with Crippen LogP contribution in [-0.4, -0.2) is 80.6 Å². The molecule has 0 fully saturated rings. The quantitative estimate of drug-likeness (QED) is 0.0283. The van der Waals surface area contributed by atoms with Gasteiger partial charge in [0.1, 0.15) is 6.61 Å². The highest BCUT2D eigenvalue weighted by atomic mass is 16.6. The Balaban J connectivity index is 4.44. The van der Waals surface area contributed by atoms with Gasteiger partial charge >= 0.3 is 17.9 Å². The average molecular weight is 839 g/mol. The van der Waals surface area contributed by atoms with E-state index >= 15 is 0 Å². The number of esters is 2. The van der Waals surface area contributed by atoms with E-state index in [2.05, 4.69) is 86.8 Å². The summed E-state index contributed by atoms with van der Waals surface area (Å²) in [6.45, 7) is 4.53. The molecular weight excluding hydrogens is 751 g/mol. The van der Waals surface area contributed by atoms with Gasteiger partial charge in [-0.25, -0.2) is 4.79 Å². The summed E-state index contributed by atoms with van der Waals surface area (Å²) in [6.07, 6.45) is 55.0. The summed E-state index contributed by atoms with van der Waals surface area (Å²) in [5, 5.41) is 9.63. The fourth-order valence-electron chi connectivity index (χ4n) is 6.41. The third kappa shape index (κ3) is 39.9. The van der Waals surface area contributed by atoms with Gasteiger partial charge in [-0.1, -0.05) is 163 Å². The molecule has 0 radical (unpaired) electrons. The molecule has 8 nitrogen and oxygen atoms in total. The highest BCUT2D eigenvalue weighted by Crippen LogP contribution is 2.13. The normalized spacial score (nSPS) is 13.7. The van der Waals surface area contributed by atoms with Crippen LogP contribution in [0.2, 0.25) is 0 Å². The van der Waals surface area contributed by atoms with Crippen molar-refractivity contribution >= 4 is 17.9 Å². The fourth-order valence-corrected chi connectivity index (χ4v) is 6.41. The van der Waals surface area contributed by atoms with E-state index in [1.54, 1.807) is 0 Å². The number of carbonyl (C=O) groups is 3. The van der Waals surface area contributed by atoms with Crippen LogP contribution in [0.5, 0.6) is 0 Å². The van der Waals surface area contributed by atoms with Crippen LogP contribution in [0.3, 0.4) is 0 Å². The van der Waals surface area contributed by atoms with Crippen molar-refractivity contribution in [1.82, 2.24) is 0 Å². The summed E-state index contributed by atoms with van der Waals surface area (Å²) in [5.74, 6) is -1.59. The lowest BCUT2D eigenvalue weighted by Gasteiger charge is -2.31. The second-order valence-electron chi connectivity index (χ2n) is 16.6. The van der Waals surface area contributed by atoms with Gasteiger partial charge in [0.15, 0.2) is 12.1 Å². The van der Waals surface area contributed by atoms with Crippen molar-refractivity contribution in [3.05, 3.63) is 85.1 Å². The molecule has 1 N–H and O–H groups in total. The molecule has 0 rings (SSSR count). The lowest BCUT2D eigenvalue weighted by atomic mass is 10.1. The topological polar surface area (TPSA) is 99.1 Å². The maximum absolute atomic E-state index is 12.8. The number of hydrogen-bond donors (Lipinski definition) is 1. The molecule has 0 saturated carbocycles. The second kappa shape index (κ2) is 42.2. The highest BCUT2D eigenvalue weighted by Gasteiger charge is 2.31. The molecular formula is C52H88NO7+. The number of quaternary nitrogens is 1. The third-order valence-electron chi connectivity index (χ3n) is 10.0. The van der Waals surface area contributed by atoms with E-state index in [9.17, 15) is 19.5 Å². The Morgan fingerprint density at radius 3 is 1.45 bits per heavy atom. The fraction of sp³-hybridized carbons (Fsp3) is 0.673. The smallest absolute Gasteiger partial charge is 0.362 e. The van der Waals surface area contributed by atoms with Gasteiger partial charge in [-0.05, 0) is 77.0 Å². The highest BCUT2D eigenvalue weighted by molar-refractivity contribution is 5.72. The first kappa shape index (κ1) is 56.5. The van der Waals surface area contributed by atoms with Crippen LogP contribution in [0.1, 0.15) is 174 Å². The summed E-state index contributed by atoms with van der Waals surface area (Å²) in [6, 6.07) is -0.630. The van der Waals surface area contributed by atoms with E-state index in [1.165, 1.54) is 77.0 Å². The lowest BCUT2D eigenvalue weighted by molar-refractivity contribution is -0.887. The van der Waals surface area contributed by atoms with Crippen LogP contribution < -0.4 is 0 Å². The van der Waals surface area contributed by atoms with E-state index in [1.807, 2.05) is 33.3 Å². The first-order chi connectivity index (χ1) is 29.1. The molecule has 0 aliphatic heterocycles. The molecule has 0 saturated heterocycles. The van der Waals surface area contributed by atoms with Crippen molar-refractivity contribution in [2.75, 3.05) is 41.0 Å². The van der Waals surface area contributed by atoms with E-state index in [-0.39, 0.29) is 42.7 Å². The number of hydrogen-bond acceptors (Lipinski definition) is 6. The molecule has 0 heterocycles. The minimum Gasteiger partial charge on any atom is -0.477 e. The van der Waals surface area contributed by atoms with Crippen molar-refractivity contribution in [2.45, 2.75) is 187 Å². The zero-order valence-corrected chi connectivity index (χ0v) is 38.9. The standard InChI is InChI=1S/C52H87NO7/c1-6-8-10-12-14-16-18-20-22-24-25-27-28-30-32-34-36-38-40-42-50(54)59-47-48(46-58-45-44-49(52(56)57)53(3,4)5)60-51(55)43-41-39-37-35-33-31-29-26-23-21-19-17-15-13-11-9-7-2/h8,10,14,16,20-23,25,27,30,32,36,38,48-49H,6-7,9,11-13,15,17-19,24,26,28-29,31,33-35,37,39-47H2,1-5H3/p+1/b10-8+,16-14+,22-20+,23-21+,27-25+,32-30+,38-36+. The van der Waals surface area contributed by atoms with Crippen LogP contribution in [-0.2, 0) is 28.6 Å². The Labute approximate surface area is 367 Å². The van der Waals surface area contributed by atoms with E-state index in [0.717, 1.165) is 57.8 Å². The number of nitrogens with zero attached hydrogens (tertiary/aromatic N) is 1. The Kier molecular flexibility index (Phi) is 39.8. The summed E-state index contributed by atoms with van der Waals surface area (Å²) in [7, 11) is 5.50. The van der Waals surface area contributed by atoms with E-state index in [0.29, 0.717) is 19.3 Å². The van der Waals surface area contributed by atoms with Crippen molar-refractivity contribution < 1.29 is 38.2 Å². The molecule has 0 bridgehead atoms. The Hall–Kier alpha value is -3.49. The molecule has 0 aromatic heterocycles. The van der Waals surface area contributed by atoms with Gasteiger partial charge in [-0.15, -0.1) is 0 Å². The van der Waals surface area contributed by atoms with E-state index in [4.69, 9.17) is 14.2 Å². The molecule has 0 spiro atoms. The molecule has 60 heavy (non-hydrogen) atoms. The molecule has 0 aliphatic rings. The van der Waals surface area contributed by atoms with Crippen molar-refractivity contribution in [2.24, 2.45) is 0 Å². The Bertz CT molecular complexity index is 1250. The number of carboxylic acid groups (broad SMARTS) is 1. The Morgan fingerprint density at radius 2 is 0.967 bits per heavy atom. The molecule has 8 heteroatoms. The van der Waals surface area contributed by atoms with Crippen molar-refractivity contribution in [3.63, 3.8) is 0 Å². The first-order valence-electron chi connectivity index (χ1n) is 23.6. The molecule has 342 valence electrons. The zero-order chi connectivity index (χ0) is 44.2. The SMILES string of the molecule is CC/C=C/C/C=C/C/C=C/C/C=C/C/C=C/C/C=C/CCC(=O)OCC(COCCC(C(=O)O)[N+](C)(C)C)OC(=O)CCCCCCCCC/C=C/CCCCCCCC. The molecule has 0 aromatic rings. The maximum atomic E-state index is 12.8. The van der Waals surface area contributed by atoms with Crippen molar-refractivity contribution in [1.29, 1.82) is 0 Å². The minimum absolute atomic E-state index is 0.0316. The minimum atomic E-state index is -0.888. The summed E-state index contributed by atoms with van der Waals surface area (Å²) in [4.78, 5) is 37.0. The van der Waals surface area contributed by atoms with Crippen LogP contribution in [0, 0.1) is 0 Å².